The van der Waals surface area contributed by atoms with Crippen LogP contribution >= 0.6 is 11.3 Å². The zero-order valence-electron chi connectivity index (χ0n) is 12.0. The molecule has 2 N–H and O–H groups in total. The Hall–Kier alpha value is -1.89. The highest BCUT2D eigenvalue weighted by molar-refractivity contribution is 7.17. The fraction of sp³-hybridized carbons (Fsp3) is 0.462. The van der Waals surface area contributed by atoms with Gasteiger partial charge in [0, 0.05) is 12.1 Å². The molecule has 0 saturated heterocycles. The zero-order chi connectivity index (χ0) is 14.7. The molecular formula is C13H18N4O2S. The number of aromatic nitrogens is 2. The molecule has 20 heavy (non-hydrogen) atoms. The van der Waals surface area contributed by atoms with Gasteiger partial charge in [0.15, 0.2) is 0 Å². The summed E-state index contributed by atoms with van der Waals surface area (Å²) in [6.45, 7) is 8.41. The lowest BCUT2D eigenvalue weighted by Gasteiger charge is -2.11. The molecule has 2 rings (SSSR count). The molecule has 0 aliphatic heterocycles. The van der Waals surface area contributed by atoms with Crippen molar-refractivity contribution in [2.45, 2.75) is 33.7 Å². The minimum Gasteiger partial charge on any atom is -0.466 e. The van der Waals surface area contributed by atoms with Gasteiger partial charge in [-0.25, -0.2) is 0 Å². The second-order valence-electron chi connectivity index (χ2n) is 4.51. The Bertz CT molecular complexity index is 605. The van der Waals surface area contributed by atoms with E-state index in [1.54, 1.807) is 0 Å². The van der Waals surface area contributed by atoms with Crippen LogP contribution in [0.5, 0.6) is 0 Å². The van der Waals surface area contributed by atoms with Gasteiger partial charge in [-0.15, -0.1) is 10.2 Å². The topological polar surface area (TPSA) is 80.0 Å². The van der Waals surface area contributed by atoms with Crippen LogP contribution < -0.4 is 10.6 Å². The number of nitrogens with zero attached hydrogens (tertiary/aromatic N) is 2. The Morgan fingerprint density at radius 2 is 2.20 bits per heavy atom. The molecule has 2 heterocycles. The van der Waals surface area contributed by atoms with E-state index in [1.165, 1.54) is 11.3 Å². The van der Waals surface area contributed by atoms with E-state index in [9.17, 15) is 4.79 Å². The van der Waals surface area contributed by atoms with Gasteiger partial charge in [-0.1, -0.05) is 11.3 Å². The van der Waals surface area contributed by atoms with Crippen LogP contribution in [0.25, 0.3) is 0 Å². The van der Waals surface area contributed by atoms with Gasteiger partial charge in [0.05, 0.1) is 6.04 Å². The molecule has 1 atom stereocenters. The Labute approximate surface area is 121 Å². The van der Waals surface area contributed by atoms with E-state index in [0.29, 0.717) is 10.1 Å². The second-order valence-corrected chi connectivity index (χ2v) is 5.48. The normalized spacial score (nSPS) is 12.2. The van der Waals surface area contributed by atoms with Gasteiger partial charge in [0.25, 0.3) is 5.91 Å². The van der Waals surface area contributed by atoms with Gasteiger partial charge in [-0.3, -0.25) is 4.79 Å². The second kappa shape index (κ2) is 6.04. The Balaban J connectivity index is 2.05. The first-order valence-corrected chi connectivity index (χ1v) is 7.28. The van der Waals surface area contributed by atoms with E-state index in [0.717, 1.165) is 23.6 Å². The number of aryl methyl sites for hydroxylation is 2. The molecule has 2 aromatic heterocycles. The predicted molar refractivity (Wildman–Crippen MR) is 78.1 cm³/mol. The molecule has 0 aliphatic rings. The highest BCUT2D eigenvalue weighted by atomic mass is 32.1. The highest BCUT2D eigenvalue weighted by Gasteiger charge is 2.18. The number of furan rings is 1. The minimum absolute atomic E-state index is 0.133. The van der Waals surface area contributed by atoms with Crippen molar-refractivity contribution >= 4 is 22.4 Å². The number of rotatable bonds is 5. The summed E-state index contributed by atoms with van der Waals surface area (Å²) in [7, 11) is 0. The average molecular weight is 294 g/mol. The van der Waals surface area contributed by atoms with Crippen molar-refractivity contribution in [2.75, 3.05) is 11.9 Å². The van der Waals surface area contributed by atoms with Gasteiger partial charge < -0.3 is 15.1 Å². The molecule has 0 spiro atoms. The summed E-state index contributed by atoms with van der Waals surface area (Å²) in [6, 6.07) is 1.80. The smallest absolute Gasteiger partial charge is 0.282 e. The molecule has 0 fully saturated rings. The van der Waals surface area contributed by atoms with Gasteiger partial charge in [-0.05, 0) is 33.8 Å². The first-order chi connectivity index (χ1) is 9.51. The van der Waals surface area contributed by atoms with Gasteiger partial charge in [0.2, 0.25) is 10.1 Å². The molecule has 2 aromatic rings. The van der Waals surface area contributed by atoms with Crippen LogP contribution in [0.3, 0.4) is 0 Å². The maximum absolute atomic E-state index is 12.1. The monoisotopic (exact) mass is 294 g/mol. The van der Waals surface area contributed by atoms with Crippen molar-refractivity contribution in [1.82, 2.24) is 15.5 Å². The van der Waals surface area contributed by atoms with E-state index >= 15 is 0 Å². The lowest BCUT2D eigenvalue weighted by Crippen LogP contribution is -2.26. The van der Waals surface area contributed by atoms with E-state index in [-0.39, 0.29) is 11.9 Å². The number of hydrogen-bond acceptors (Lipinski definition) is 6. The molecule has 0 aromatic carbocycles. The van der Waals surface area contributed by atoms with Crippen molar-refractivity contribution in [3.05, 3.63) is 28.2 Å². The van der Waals surface area contributed by atoms with E-state index in [2.05, 4.69) is 20.8 Å². The summed E-state index contributed by atoms with van der Waals surface area (Å²) >= 11 is 1.24. The molecule has 0 radical (unpaired) electrons. The first kappa shape index (κ1) is 14.5. The third-order valence-corrected chi connectivity index (χ3v) is 3.72. The summed E-state index contributed by atoms with van der Waals surface area (Å²) in [5, 5.41) is 14.7. The number of hydrogen-bond donors (Lipinski definition) is 2. The lowest BCUT2D eigenvalue weighted by atomic mass is 10.1. The third kappa shape index (κ3) is 3.16. The van der Waals surface area contributed by atoms with Crippen molar-refractivity contribution in [1.29, 1.82) is 0 Å². The predicted octanol–water partition coefficient (Wildman–Crippen LogP) is 2.67. The number of carbonyl (C=O) groups is 1. The summed E-state index contributed by atoms with van der Waals surface area (Å²) in [5.74, 6) is 1.43. The molecule has 108 valence electrons. The van der Waals surface area contributed by atoms with Gasteiger partial charge in [-0.2, -0.15) is 0 Å². The Morgan fingerprint density at radius 1 is 1.45 bits per heavy atom. The summed E-state index contributed by atoms with van der Waals surface area (Å²) < 4.78 is 5.47. The summed E-state index contributed by atoms with van der Waals surface area (Å²) in [5.41, 5.74) is 0.979. The standard InChI is InChI=1S/C13H18N4O2S/c1-5-14-13-17-16-12(20-13)11(18)15-8(3)10-6-7(2)19-9(10)4/h6,8H,5H2,1-4H3,(H,14,17)(H,15,18). The molecule has 1 amide bonds. The summed E-state index contributed by atoms with van der Waals surface area (Å²) in [6.07, 6.45) is 0. The Morgan fingerprint density at radius 3 is 2.80 bits per heavy atom. The molecule has 6 nitrogen and oxygen atoms in total. The van der Waals surface area contributed by atoms with Crippen molar-refractivity contribution < 1.29 is 9.21 Å². The number of nitrogens with one attached hydrogen (secondary N) is 2. The Kier molecular flexibility index (Phi) is 4.39. The third-order valence-electron chi connectivity index (χ3n) is 2.84. The maximum Gasteiger partial charge on any atom is 0.282 e. The van der Waals surface area contributed by atoms with Crippen LogP contribution in [0.2, 0.25) is 0 Å². The molecule has 1 unspecified atom stereocenters. The minimum atomic E-state index is -0.225. The maximum atomic E-state index is 12.1. The fourth-order valence-corrected chi connectivity index (χ4v) is 2.67. The van der Waals surface area contributed by atoms with Crippen LogP contribution in [-0.2, 0) is 0 Å². The molecule has 0 aliphatic carbocycles. The molecule has 0 bridgehead atoms. The number of anilines is 1. The number of carbonyl (C=O) groups excluding carboxylic acids is 1. The molecule has 7 heteroatoms. The quantitative estimate of drug-likeness (QED) is 0.886. The summed E-state index contributed by atoms with van der Waals surface area (Å²) in [4.78, 5) is 12.1. The lowest BCUT2D eigenvalue weighted by molar-refractivity contribution is 0.0938. The largest absolute Gasteiger partial charge is 0.466 e. The fourth-order valence-electron chi connectivity index (χ4n) is 1.95. The molecule has 0 saturated carbocycles. The van der Waals surface area contributed by atoms with Crippen LogP contribution in [0, 0.1) is 13.8 Å². The van der Waals surface area contributed by atoms with E-state index in [1.807, 2.05) is 33.8 Å². The first-order valence-electron chi connectivity index (χ1n) is 6.46. The highest BCUT2D eigenvalue weighted by Crippen LogP contribution is 2.22. The van der Waals surface area contributed by atoms with Crippen LogP contribution in [0.1, 0.15) is 46.8 Å². The van der Waals surface area contributed by atoms with Crippen LogP contribution in [0.15, 0.2) is 10.5 Å². The van der Waals surface area contributed by atoms with Gasteiger partial charge in [0.1, 0.15) is 11.5 Å². The SMILES string of the molecule is CCNc1nnc(C(=O)NC(C)c2cc(C)oc2C)s1. The van der Waals surface area contributed by atoms with Crippen LogP contribution in [-0.4, -0.2) is 22.6 Å². The van der Waals surface area contributed by atoms with Crippen molar-refractivity contribution in [3.63, 3.8) is 0 Å². The van der Waals surface area contributed by atoms with Crippen molar-refractivity contribution in [2.24, 2.45) is 0 Å². The van der Waals surface area contributed by atoms with Gasteiger partial charge >= 0.3 is 0 Å². The molecular weight excluding hydrogens is 276 g/mol. The van der Waals surface area contributed by atoms with E-state index < -0.39 is 0 Å². The zero-order valence-corrected chi connectivity index (χ0v) is 12.8. The van der Waals surface area contributed by atoms with Crippen molar-refractivity contribution in [3.8, 4) is 0 Å². The van der Waals surface area contributed by atoms with Crippen LogP contribution in [0.4, 0.5) is 5.13 Å². The number of amides is 1. The van der Waals surface area contributed by atoms with E-state index in [4.69, 9.17) is 4.42 Å². The average Bonchev–Trinajstić information content (AvgIpc) is 2.96.